The van der Waals surface area contributed by atoms with Crippen molar-refractivity contribution in [2.45, 2.75) is 71.9 Å². The van der Waals surface area contributed by atoms with Gasteiger partial charge in [0.1, 0.15) is 0 Å². The molecule has 1 heterocycles. The second kappa shape index (κ2) is 8.41. The molecule has 24 heavy (non-hydrogen) atoms. The van der Waals surface area contributed by atoms with Gasteiger partial charge in [-0.3, -0.25) is 4.79 Å². The zero-order valence-corrected chi connectivity index (χ0v) is 15.7. The van der Waals surface area contributed by atoms with E-state index in [9.17, 15) is 4.79 Å². The maximum Gasteiger partial charge on any atom is 0.256 e. The van der Waals surface area contributed by atoms with Crippen LogP contribution in [0.1, 0.15) is 70.2 Å². The number of likely N-dealkylation sites (tertiary alicyclic amines) is 1. The molecule has 1 aliphatic rings. The molecule has 134 valence electrons. The Bertz CT molecular complexity index is 542. The first-order valence-electron chi connectivity index (χ1n) is 9.46. The van der Waals surface area contributed by atoms with E-state index in [1.165, 1.54) is 6.42 Å². The number of nitrogens with two attached hydrogens (primary N) is 1. The number of amides is 1. The number of benzene rings is 1. The lowest BCUT2D eigenvalue weighted by Gasteiger charge is -2.40. The third kappa shape index (κ3) is 4.03. The molecule has 0 aromatic heterocycles. The summed E-state index contributed by atoms with van der Waals surface area (Å²) in [6.07, 6.45) is 5.50. The first-order chi connectivity index (χ1) is 11.5. The molecule has 1 fully saturated rings. The molecule has 0 radical (unpaired) electrons. The van der Waals surface area contributed by atoms with Crippen molar-refractivity contribution in [2.75, 3.05) is 23.7 Å². The maximum atomic E-state index is 13.4. The van der Waals surface area contributed by atoms with Crippen molar-refractivity contribution in [1.82, 2.24) is 4.90 Å². The predicted octanol–water partition coefficient (Wildman–Crippen LogP) is 4.30. The number of nitrogens with zero attached hydrogens (tertiary/aromatic N) is 2. The fourth-order valence-electron chi connectivity index (χ4n) is 3.85. The molecule has 0 unspecified atom stereocenters. The number of anilines is 2. The lowest BCUT2D eigenvalue weighted by Crippen LogP contribution is -2.48. The quantitative estimate of drug-likeness (QED) is 0.791. The normalized spacial score (nSPS) is 20.9. The smallest absolute Gasteiger partial charge is 0.256 e. The molecule has 2 rings (SSSR count). The van der Waals surface area contributed by atoms with Gasteiger partial charge in [-0.2, -0.15) is 0 Å². The van der Waals surface area contributed by atoms with E-state index in [1.54, 1.807) is 0 Å². The number of carbonyl (C=O) groups is 1. The van der Waals surface area contributed by atoms with Gasteiger partial charge in [-0.1, -0.05) is 13.8 Å². The van der Waals surface area contributed by atoms with E-state index < -0.39 is 0 Å². The van der Waals surface area contributed by atoms with E-state index in [4.69, 9.17) is 5.73 Å². The third-order valence-corrected chi connectivity index (χ3v) is 5.01. The monoisotopic (exact) mass is 331 g/mol. The van der Waals surface area contributed by atoms with Gasteiger partial charge in [0.05, 0.1) is 5.56 Å². The Morgan fingerprint density at radius 3 is 2.29 bits per heavy atom. The molecule has 4 heteroatoms. The standard InChI is InChI=1S/C20H33N3O/c1-5-12-22(13-6-2)19-11-10-17(21)14-18(19)20(24)23-15(3)8-7-9-16(23)4/h10-11,14-16H,5-9,12-13,21H2,1-4H3/t15-,16-/m0/s1. The minimum atomic E-state index is 0.134. The predicted molar refractivity (Wildman–Crippen MR) is 103 cm³/mol. The average molecular weight is 332 g/mol. The highest BCUT2D eigenvalue weighted by atomic mass is 16.2. The SMILES string of the molecule is CCCN(CCC)c1ccc(N)cc1C(=O)N1[C@@H](C)CCC[C@@H]1C. The van der Waals surface area contributed by atoms with Crippen molar-refractivity contribution in [3.63, 3.8) is 0 Å². The second-order valence-electron chi connectivity index (χ2n) is 7.11. The van der Waals surface area contributed by atoms with Gasteiger partial charge in [-0.25, -0.2) is 0 Å². The van der Waals surface area contributed by atoms with E-state index in [0.29, 0.717) is 17.8 Å². The van der Waals surface area contributed by atoms with Gasteiger partial charge in [0, 0.05) is 36.5 Å². The van der Waals surface area contributed by atoms with Crippen molar-refractivity contribution >= 4 is 17.3 Å². The zero-order chi connectivity index (χ0) is 17.7. The van der Waals surface area contributed by atoms with Crippen molar-refractivity contribution < 1.29 is 4.79 Å². The van der Waals surface area contributed by atoms with E-state index in [2.05, 4.69) is 37.5 Å². The summed E-state index contributed by atoms with van der Waals surface area (Å²) >= 11 is 0. The van der Waals surface area contributed by atoms with Crippen LogP contribution in [0.2, 0.25) is 0 Å². The molecule has 2 atom stereocenters. The van der Waals surface area contributed by atoms with Crippen molar-refractivity contribution in [1.29, 1.82) is 0 Å². The Kier molecular flexibility index (Phi) is 6.52. The summed E-state index contributed by atoms with van der Waals surface area (Å²) < 4.78 is 0. The fraction of sp³-hybridized carbons (Fsp3) is 0.650. The first-order valence-corrected chi connectivity index (χ1v) is 9.46. The van der Waals surface area contributed by atoms with Gasteiger partial charge in [0.25, 0.3) is 5.91 Å². The maximum absolute atomic E-state index is 13.4. The topological polar surface area (TPSA) is 49.6 Å². The summed E-state index contributed by atoms with van der Waals surface area (Å²) in [5.74, 6) is 0.134. The molecular formula is C20H33N3O. The molecule has 1 aromatic carbocycles. The van der Waals surface area contributed by atoms with Crippen molar-refractivity contribution in [3.05, 3.63) is 23.8 Å². The van der Waals surface area contributed by atoms with Crippen LogP contribution in [0.3, 0.4) is 0 Å². The number of hydrogen-bond donors (Lipinski definition) is 1. The molecular weight excluding hydrogens is 298 g/mol. The summed E-state index contributed by atoms with van der Waals surface area (Å²) in [6, 6.07) is 6.38. The second-order valence-corrected chi connectivity index (χ2v) is 7.11. The molecule has 4 nitrogen and oxygen atoms in total. The van der Waals surface area contributed by atoms with E-state index in [-0.39, 0.29) is 5.91 Å². The van der Waals surface area contributed by atoms with Crippen LogP contribution in [0.4, 0.5) is 11.4 Å². The molecule has 2 N–H and O–H groups in total. The Morgan fingerprint density at radius 2 is 1.75 bits per heavy atom. The third-order valence-electron chi connectivity index (χ3n) is 5.01. The number of carbonyl (C=O) groups excluding carboxylic acids is 1. The highest BCUT2D eigenvalue weighted by molar-refractivity contribution is 6.01. The molecule has 0 spiro atoms. The molecule has 0 aliphatic carbocycles. The zero-order valence-electron chi connectivity index (χ0n) is 15.7. The number of hydrogen-bond acceptors (Lipinski definition) is 3. The van der Waals surface area contributed by atoms with Gasteiger partial charge < -0.3 is 15.5 Å². The highest BCUT2D eigenvalue weighted by Gasteiger charge is 2.31. The summed E-state index contributed by atoms with van der Waals surface area (Å²) in [7, 11) is 0. The van der Waals surface area contributed by atoms with Crippen LogP contribution >= 0.6 is 0 Å². The molecule has 1 aromatic rings. The van der Waals surface area contributed by atoms with Gasteiger partial charge in [-0.05, 0) is 64.2 Å². The largest absolute Gasteiger partial charge is 0.399 e. The summed E-state index contributed by atoms with van der Waals surface area (Å²) in [6.45, 7) is 10.6. The first kappa shape index (κ1) is 18.6. The highest BCUT2D eigenvalue weighted by Crippen LogP contribution is 2.30. The number of rotatable bonds is 6. The fourth-order valence-corrected chi connectivity index (χ4v) is 3.85. The van der Waals surface area contributed by atoms with Gasteiger partial charge in [-0.15, -0.1) is 0 Å². The van der Waals surface area contributed by atoms with Gasteiger partial charge in [0.2, 0.25) is 0 Å². The molecule has 0 bridgehead atoms. The lowest BCUT2D eigenvalue weighted by molar-refractivity contribution is 0.0511. The minimum Gasteiger partial charge on any atom is -0.399 e. The Labute approximate surface area is 147 Å². The van der Waals surface area contributed by atoms with E-state index in [0.717, 1.165) is 50.0 Å². The lowest BCUT2D eigenvalue weighted by atomic mass is 9.96. The molecule has 1 saturated heterocycles. The Hall–Kier alpha value is -1.71. The van der Waals surface area contributed by atoms with Crippen molar-refractivity contribution in [2.24, 2.45) is 0 Å². The van der Waals surface area contributed by atoms with E-state index in [1.807, 2.05) is 18.2 Å². The van der Waals surface area contributed by atoms with Crippen LogP contribution in [-0.4, -0.2) is 36.0 Å². The molecule has 1 amide bonds. The van der Waals surface area contributed by atoms with Crippen LogP contribution in [0, 0.1) is 0 Å². The summed E-state index contributed by atoms with van der Waals surface area (Å²) in [4.78, 5) is 17.7. The van der Waals surface area contributed by atoms with Gasteiger partial charge in [0.15, 0.2) is 0 Å². The van der Waals surface area contributed by atoms with Crippen molar-refractivity contribution in [3.8, 4) is 0 Å². The minimum absolute atomic E-state index is 0.134. The Balaban J connectivity index is 2.40. The Morgan fingerprint density at radius 1 is 1.17 bits per heavy atom. The van der Waals surface area contributed by atoms with Crippen LogP contribution in [0.25, 0.3) is 0 Å². The van der Waals surface area contributed by atoms with Crippen LogP contribution < -0.4 is 10.6 Å². The molecule has 0 saturated carbocycles. The van der Waals surface area contributed by atoms with Gasteiger partial charge >= 0.3 is 0 Å². The van der Waals surface area contributed by atoms with Crippen LogP contribution in [0.5, 0.6) is 0 Å². The summed E-state index contributed by atoms with van der Waals surface area (Å²) in [5, 5.41) is 0. The average Bonchev–Trinajstić information content (AvgIpc) is 2.54. The number of nitrogen functional groups attached to an aromatic ring is 1. The summed E-state index contributed by atoms with van der Waals surface area (Å²) in [5.41, 5.74) is 8.47. The molecule has 1 aliphatic heterocycles. The number of piperidine rings is 1. The van der Waals surface area contributed by atoms with Crippen LogP contribution in [0.15, 0.2) is 18.2 Å². The van der Waals surface area contributed by atoms with Crippen LogP contribution in [-0.2, 0) is 0 Å². The van der Waals surface area contributed by atoms with E-state index >= 15 is 0 Å².